The number of benzene rings is 2. The summed E-state index contributed by atoms with van der Waals surface area (Å²) in [6.07, 6.45) is 2.63. The van der Waals surface area contributed by atoms with Crippen LogP contribution >= 0.6 is 23.2 Å². The molecule has 0 unspecified atom stereocenters. The van der Waals surface area contributed by atoms with Crippen molar-refractivity contribution in [2.24, 2.45) is 0 Å². The van der Waals surface area contributed by atoms with E-state index in [0.717, 1.165) is 0 Å². The van der Waals surface area contributed by atoms with Crippen LogP contribution < -0.4 is 4.74 Å². The first-order valence-corrected chi connectivity index (χ1v) is 6.94. The van der Waals surface area contributed by atoms with Crippen LogP contribution in [0.2, 0.25) is 10.0 Å². The van der Waals surface area contributed by atoms with Crippen LogP contribution in [-0.2, 0) is 0 Å². The lowest BCUT2D eigenvalue weighted by Gasteiger charge is -2.07. The van der Waals surface area contributed by atoms with E-state index in [1.54, 1.807) is 24.3 Å². The smallest absolute Gasteiger partial charge is 0.387 e. The number of allylic oxidation sites excluding steroid dienone is 1. The number of hydrogen-bond donors (Lipinski definition) is 0. The fourth-order valence-corrected chi connectivity index (χ4v) is 2.27. The van der Waals surface area contributed by atoms with Crippen molar-refractivity contribution < 1.29 is 18.3 Å². The maximum Gasteiger partial charge on any atom is 0.387 e. The molecule has 114 valence electrons. The lowest BCUT2D eigenvalue weighted by atomic mass is 10.1. The first kappa shape index (κ1) is 16.5. The van der Waals surface area contributed by atoms with Crippen molar-refractivity contribution in [2.45, 2.75) is 6.61 Å². The summed E-state index contributed by atoms with van der Waals surface area (Å²) in [4.78, 5) is 12.1. The minimum absolute atomic E-state index is 0.0104. The average molecular weight is 343 g/mol. The monoisotopic (exact) mass is 342 g/mol. The SMILES string of the molecule is O=C(/C=C/c1ccccc1OC(F)F)c1ccc(Cl)cc1Cl. The highest BCUT2D eigenvalue weighted by Gasteiger charge is 2.10. The number of halogens is 4. The second-order valence-electron chi connectivity index (χ2n) is 4.24. The fourth-order valence-electron chi connectivity index (χ4n) is 1.77. The Labute approximate surface area is 135 Å². The third-order valence-electron chi connectivity index (χ3n) is 2.75. The van der Waals surface area contributed by atoms with E-state index in [1.165, 1.54) is 30.4 Å². The fraction of sp³-hybridized carbons (Fsp3) is 0.0625. The Morgan fingerprint density at radius 2 is 1.86 bits per heavy atom. The Morgan fingerprint density at radius 1 is 1.14 bits per heavy atom. The van der Waals surface area contributed by atoms with Crippen LogP contribution in [0.5, 0.6) is 5.75 Å². The van der Waals surface area contributed by atoms with E-state index in [4.69, 9.17) is 23.2 Å². The van der Waals surface area contributed by atoms with Crippen molar-refractivity contribution in [2.75, 3.05) is 0 Å². The molecule has 0 atom stereocenters. The standard InChI is InChI=1S/C16H10Cl2F2O2/c17-11-6-7-12(13(18)9-11)14(21)8-5-10-3-1-2-4-15(10)22-16(19)20/h1-9,16H/b8-5+. The summed E-state index contributed by atoms with van der Waals surface area (Å²) in [7, 11) is 0. The molecule has 2 rings (SSSR count). The highest BCUT2D eigenvalue weighted by molar-refractivity contribution is 6.37. The quantitative estimate of drug-likeness (QED) is 0.530. The second kappa shape index (κ2) is 7.38. The second-order valence-corrected chi connectivity index (χ2v) is 5.08. The van der Waals surface area contributed by atoms with Gasteiger partial charge in [0.1, 0.15) is 5.75 Å². The molecule has 0 radical (unpaired) electrons. The number of alkyl halides is 2. The summed E-state index contributed by atoms with van der Waals surface area (Å²) in [6, 6.07) is 10.7. The average Bonchev–Trinajstić information content (AvgIpc) is 2.45. The molecule has 0 aromatic heterocycles. The molecule has 0 amide bonds. The van der Waals surface area contributed by atoms with E-state index in [-0.39, 0.29) is 22.1 Å². The largest absolute Gasteiger partial charge is 0.434 e. The van der Waals surface area contributed by atoms with Gasteiger partial charge in [0.05, 0.1) is 5.02 Å². The van der Waals surface area contributed by atoms with Gasteiger partial charge in [0, 0.05) is 16.1 Å². The zero-order valence-corrected chi connectivity index (χ0v) is 12.6. The third kappa shape index (κ3) is 4.29. The van der Waals surface area contributed by atoms with Crippen LogP contribution in [-0.4, -0.2) is 12.4 Å². The Bertz CT molecular complexity index is 715. The lowest BCUT2D eigenvalue weighted by molar-refractivity contribution is -0.0499. The Balaban J connectivity index is 2.23. The van der Waals surface area contributed by atoms with Gasteiger partial charge >= 0.3 is 6.61 Å². The van der Waals surface area contributed by atoms with Crippen molar-refractivity contribution in [1.29, 1.82) is 0 Å². The summed E-state index contributed by atoms with van der Waals surface area (Å²) in [5.74, 6) is -0.378. The van der Waals surface area contributed by atoms with E-state index in [0.29, 0.717) is 10.6 Å². The number of rotatable bonds is 5. The molecule has 0 aliphatic rings. The minimum Gasteiger partial charge on any atom is -0.434 e. The first-order chi connectivity index (χ1) is 10.5. The molecular weight excluding hydrogens is 333 g/mol. The van der Waals surface area contributed by atoms with Gasteiger partial charge < -0.3 is 4.74 Å². The number of carbonyl (C=O) groups excluding carboxylic acids is 1. The van der Waals surface area contributed by atoms with Gasteiger partial charge in [-0.25, -0.2) is 0 Å². The maximum absolute atomic E-state index is 12.3. The zero-order chi connectivity index (χ0) is 16.1. The van der Waals surface area contributed by atoms with Crippen molar-refractivity contribution in [1.82, 2.24) is 0 Å². The first-order valence-electron chi connectivity index (χ1n) is 6.18. The van der Waals surface area contributed by atoms with Gasteiger partial charge in [-0.3, -0.25) is 4.79 Å². The van der Waals surface area contributed by atoms with Crippen molar-refractivity contribution in [3.8, 4) is 5.75 Å². The van der Waals surface area contributed by atoms with Crippen LogP contribution in [0.15, 0.2) is 48.5 Å². The Hall–Kier alpha value is -1.91. The molecule has 0 spiro atoms. The number of para-hydroxylation sites is 1. The maximum atomic E-state index is 12.3. The lowest BCUT2D eigenvalue weighted by Crippen LogP contribution is -2.03. The summed E-state index contributed by atoms with van der Waals surface area (Å²) >= 11 is 11.7. The van der Waals surface area contributed by atoms with Gasteiger partial charge in [0.2, 0.25) is 0 Å². The number of carbonyl (C=O) groups is 1. The highest BCUT2D eigenvalue weighted by atomic mass is 35.5. The molecule has 0 fully saturated rings. The topological polar surface area (TPSA) is 26.3 Å². The number of ether oxygens (including phenoxy) is 1. The Morgan fingerprint density at radius 3 is 2.55 bits per heavy atom. The van der Waals surface area contributed by atoms with Crippen LogP contribution in [0, 0.1) is 0 Å². The molecule has 0 aliphatic carbocycles. The summed E-state index contributed by atoms with van der Waals surface area (Å²) in [6.45, 7) is -2.93. The predicted octanol–water partition coefficient (Wildman–Crippen LogP) is 5.49. The van der Waals surface area contributed by atoms with Gasteiger partial charge in [0.25, 0.3) is 0 Å². The van der Waals surface area contributed by atoms with Crippen LogP contribution in [0.25, 0.3) is 6.08 Å². The summed E-state index contributed by atoms with van der Waals surface area (Å²) < 4.78 is 29.0. The van der Waals surface area contributed by atoms with Crippen molar-refractivity contribution >= 4 is 35.1 Å². The summed E-state index contributed by atoms with van der Waals surface area (Å²) in [5.41, 5.74) is 0.635. The number of hydrogen-bond acceptors (Lipinski definition) is 2. The van der Waals surface area contributed by atoms with Gasteiger partial charge in [-0.05, 0) is 36.4 Å². The molecule has 2 nitrogen and oxygen atoms in total. The third-order valence-corrected chi connectivity index (χ3v) is 3.29. The summed E-state index contributed by atoms with van der Waals surface area (Å²) in [5, 5.41) is 0.639. The zero-order valence-electron chi connectivity index (χ0n) is 11.1. The van der Waals surface area contributed by atoms with Crippen LogP contribution in [0.4, 0.5) is 8.78 Å². The van der Waals surface area contributed by atoms with E-state index >= 15 is 0 Å². The highest BCUT2D eigenvalue weighted by Crippen LogP contribution is 2.24. The molecule has 0 saturated heterocycles. The van der Waals surface area contributed by atoms with Gasteiger partial charge in [0.15, 0.2) is 5.78 Å². The molecule has 6 heteroatoms. The van der Waals surface area contributed by atoms with Gasteiger partial charge in [-0.1, -0.05) is 41.4 Å². The molecule has 0 aliphatic heterocycles. The van der Waals surface area contributed by atoms with E-state index in [9.17, 15) is 13.6 Å². The molecular formula is C16H10Cl2F2O2. The predicted molar refractivity (Wildman–Crippen MR) is 82.9 cm³/mol. The molecule has 0 saturated carbocycles. The molecule has 0 bridgehead atoms. The van der Waals surface area contributed by atoms with Crippen LogP contribution in [0.1, 0.15) is 15.9 Å². The number of ketones is 1. The molecule has 0 heterocycles. The molecule has 0 N–H and O–H groups in total. The van der Waals surface area contributed by atoms with Crippen molar-refractivity contribution in [3.05, 3.63) is 69.7 Å². The van der Waals surface area contributed by atoms with E-state index in [1.807, 2.05) is 0 Å². The normalized spacial score (nSPS) is 11.1. The van der Waals surface area contributed by atoms with Gasteiger partial charge in [-0.15, -0.1) is 0 Å². The van der Waals surface area contributed by atoms with Gasteiger partial charge in [-0.2, -0.15) is 8.78 Å². The van der Waals surface area contributed by atoms with E-state index in [2.05, 4.69) is 4.74 Å². The molecule has 2 aromatic rings. The van der Waals surface area contributed by atoms with Crippen molar-refractivity contribution in [3.63, 3.8) is 0 Å². The van der Waals surface area contributed by atoms with Crippen LogP contribution in [0.3, 0.4) is 0 Å². The Kier molecular flexibility index (Phi) is 5.52. The molecule has 2 aromatic carbocycles. The molecule has 22 heavy (non-hydrogen) atoms. The minimum atomic E-state index is -2.93. The van der Waals surface area contributed by atoms with E-state index < -0.39 is 6.61 Å².